The van der Waals surface area contributed by atoms with Crippen LogP contribution in [0.15, 0.2) is 36.4 Å². The quantitative estimate of drug-likeness (QED) is 0.714. The summed E-state index contributed by atoms with van der Waals surface area (Å²) in [4.78, 5) is 40.1. The van der Waals surface area contributed by atoms with Gasteiger partial charge in [-0.05, 0) is 37.6 Å². The number of anilines is 3. The average molecular weight is 410 g/mol. The number of benzene rings is 2. The molecule has 0 radical (unpaired) electrons. The molecule has 3 amide bonds. The van der Waals surface area contributed by atoms with Crippen molar-refractivity contribution in [1.82, 2.24) is 5.32 Å². The van der Waals surface area contributed by atoms with Gasteiger partial charge < -0.3 is 20.1 Å². The smallest absolute Gasteiger partial charge is 0.409 e. The van der Waals surface area contributed by atoms with Crippen LogP contribution < -0.4 is 25.2 Å². The summed E-state index contributed by atoms with van der Waals surface area (Å²) < 4.78 is 5.94. The summed E-state index contributed by atoms with van der Waals surface area (Å²) >= 11 is 0. The first-order chi connectivity index (χ1) is 14.2. The fourth-order valence-electron chi connectivity index (χ4n) is 3.86. The molecule has 156 valence electrons. The maximum absolute atomic E-state index is 12.8. The molecule has 0 spiro atoms. The monoisotopic (exact) mass is 410 g/mol. The molecule has 1 fully saturated rings. The van der Waals surface area contributed by atoms with E-state index in [2.05, 4.69) is 10.6 Å². The molecule has 2 aliphatic heterocycles. The van der Waals surface area contributed by atoms with Crippen LogP contribution in [0.3, 0.4) is 0 Å². The van der Waals surface area contributed by atoms with E-state index in [1.54, 1.807) is 19.1 Å². The summed E-state index contributed by atoms with van der Waals surface area (Å²) in [6.45, 7) is 1.78. The highest BCUT2D eigenvalue weighted by molar-refractivity contribution is 6.11. The third-order valence-electron chi connectivity index (χ3n) is 5.34. The van der Waals surface area contributed by atoms with Gasteiger partial charge in [0.25, 0.3) is 5.91 Å². The topological polar surface area (TPSA) is 111 Å². The Hall–Kier alpha value is -3.75. The lowest BCUT2D eigenvalue weighted by atomic mass is 10.0. The van der Waals surface area contributed by atoms with Gasteiger partial charge in [-0.25, -0.2) is 4.79 Å². The van der Waals surface area contributed by atoms with Crippen molar-refractivity contribution in [1.29, 1.82) is 0 Å². The summed E-state index contributed by atoms with van der Waals surface area (Å²) in [6, 6.07) is 10.2. The highest BCUT2D eigenvalue weighted by Gasteiger charge is 2.48. The summed E-state index contributed by atoms with van der Waals surface area (Å²) in [6.07, 6.45) is -0.500. The minimum atomic E-state index is -1.28. The van der Waals surface area contributed by atoms with Crippen LogP contribution in [0.4, 0.5) is 21.9 Å². The number of amides is 3. The molecule has 0 aromatic heterocycles. The second-order valence-corrected chi connectivity index (χ2v) is 7.75. The second kappa shape index (κ2) is 6.94. The third kappa shape index (κ3) is 3.28. The van der Waals surface area contributed by atoms with Crippen LogP contribution in [0, 0.1) is 0 Å². The minimum absolute atomic E-state index is 0.132. The molecule has 4 rings (SSSR count). The lowest BCUT2D eigenvalue weighted by molar-refractivity contribution is -0.117. The van der Waals surface area contributed by atoms with Gasteiger partial charge in [-0.15, -0.1) is 0 Å². The number of carbonyl (C=O) groups excluding carboxylic acids is 2. The standard InChI is InChI=1S/C21H22N4O5/c1-21-8-7-18(26)25(21)16-11-15(22-20(28)29)17(10-14(16)19(27)23-21)30-13-6-4-5-12(9-13)24(2)3/h4-6,9-11,22H,7-8H2,1-3H3,(H,23,27)(H,28,29). The molecule has 1 unspecified atom stereocenters. The second-order valence-electron chi connectivity index (χ2n) is 7.75. The lowest BCUT2D eigenvalue weighted by Gasteiger charge is -2.41. The van der Waals surface area contributed by atoms with Crippen LogP contribution in [0.5, 0.6) is 11.5 Å². The zero-order chi connectivity index (χ0) is 21.6. The molecule has 0 bridgehead atoms. The fourth-order valence-corrected chi connectivity index (χ4v) is 3.86. The van der Waals surface area contributed by atoms with Crippen molar-refractivity contribution in [2.24, 2.45) is 0 Å². The molecule has 0 saturated carbocycles. The maximum Gasteiger partial charge on any atom is 0.409 e. The van der Waals surface area contributed by atoms with Gasteiger partial charge in [-0.3, -0.25) is 19.8 Å². The minimum Gasteiger partial charge on any atom is -0.465 e. The Balaban J connectivity index is 1.81. The van der Waals surface area contributed by atoms with E-state index in [1.165, 1.54) is 17.0 Å². The van der Waals surface area contributed by atoms with Crippen LogP contribution in [0.25, 0.3) is 0 Å². The van der Waals surface area contributed by atoms with Gasteiger partial charge in [-0.2, -0.15) is 0 Å². The van der Waals surface area contributed by atoms with Gasteiger partial charge in [0.1, 0.15) is 11.4 Å². The molecular formula is C21H22N4O5. The van der Waals surface area contributed by atoms with Crippen molar-refractivity contribution >= 4 is 35.0 Å². The molecule has 1 saturated heterocycles. The van der Waals surface area contributed by atoms with Crippen LogP contribution in [0.1, 0.15) is 30.1 Å². The number of fused-ring (bicyclic) bond motifs is 3. The number of hydrogen-bond acceptors (Lipinski definition) is 5. The summed E-state index contributed by atoms with van der Waals surface area (Å²) in [7, 11) is 3.79. The number of rotatable bonds is 4. The number of hydrogen-bond donors (Lipinski definition) is 3. The van der Waals surface area contributed by atoms with Crippen LogP contribution in [-0.4, -0.2) is 42.8 Å². The molecule has 9 heteroatoms. The van der Waals surface area contributed by atoms with E-state index in [9.17, 15) is 19.5 Å². The van der Waals surface area contributed by atoms with E-state index < -0.39 is 11.8 Å². The molecule has 2 heterocycles. The van der Waals surface area contributed by atoms with Gasteiger partial charge >= 0.3 is 6.09 Å². The Labute approximate surface area is 173 Å². The van der Waals surface area contributed by atoms with Crippen molar-refractivity contribution in [3.63, 3.8) is 0 Å². The molecule has 9 nitrogen and oxygen atoms in total. The van der Waals surface area contributed by atoms with Gasteiger partial charge in [-0.1, -0.05) is 6.07 Å². The van der Waals surface area contributed by atoms with Crippen LogP contribution >= 0.6 is 0 Å². The van der Waals surface area contributed by atoms with Crippen molar-refractivity contribution in [2.45, 2.75) is 25.4 Å². The van der Waals surface area contributed by atoms with E-state index in [-0.39, 0.29) is 28.8 Å². The van der Waals surface area contributed by atoms with Gasteiger partial charge in [0, 0.05) is 32.3 Å². The molecule has 0 aliphatic carbocycles. The summed E-state index contributed by atoms with van der Waals surface area (Å²) in [5.41, 5.74) is 0.825. The van der Waals surface area contributed by atoms with Gasteiger partial charge in [0.05, 0.1) is 16.9 Å². The van der Waals surface area contributed by atoms with E-state index in [1.807, 2.05) is 31.1 Å². The fraction of sp³-hybridized carbons (Fsp3) is 0.286. The molecule has 1 atom stereocenters. The Kier molecular flexibility index (Phi) is 4.53. The van der Waals surface area contributed by atoms with Crippen molar-refractivity contribution in [2.75, 3.05) is 29.2 Å². The van der Waals surface area contributed by atoms with Gasteiger partial charge in [0.2, 0.25) is 5.91 Å². The molecule has 2 aliphatic rings. The van der Waals surface area contributed by atoms with Crippen LogP contribution in [-0.2, 0) is 4.79 Å². The highest BCUT2D eigenvalue weighted by Crippen LogP contribution is 2.44. The molecule has 3 N–H and O–H groups in total. The highest BCUT2D eigenvalue weighted by atomic mass is 16.5. The Morgan fingerprint density at radius 3 is 2.73 bits per heavy atom. The Morgan fingerprint density at radius 2 is 2.03 bits per heavy atom. The van der Waals surface area contributed by atoms with Crippen LogP contribution in [0.2, 0.25) is 0 Å². The molecular weight excluding hydrogens is 388 g/mol. The predicted molar refractivity (Wildman–Crippen MR) is 112 cm³/mol. The van der Waals surface area contributed by atoms with Crippen molar-refractivity contribution < 1.29 is 24.2 Å². The Bertz CT molecular complexity index is 1070. The van der Waals surface area contributed by atoms with Crippen molar-refractivity contribution in [3.05, 3.63) is 42.0 Å². The number of nitrogens with zero attached hydrogens (tertiary/aromatic N) is 2. The van der Waals surface area contributed by atoms with E-state index in [0.717, 1.165) is 5.69 Å². The van der Waals surface area contributed by atoms with Crippen molar-refractivity contribution in [3.8, 4) is 11.5 Å². The normalized spacial score (nSPS) is 19.6. The molecule has 2 aromatic rings. The SMILES string of the molecule is CN(C)c1cccc(Oc2cc3c(cc2NC(=O)O)N2C(=O)CCC2(C)NC3=O)c1. The number of nitrogens with one attached hydrogen (secondary N) is 2. The first-order valence-electron chi connectivity index (χ1n) is 9.47. The summed E-state index contributed by atoms with van der Waals surface area (Å²) in [5, 5.41) is 14.5. The van der Waals surface area contributed by atoms with E-state index in [4.69, 9.17) is 4.74 Å². The third-order valence-corrected chi connectivity index (χ3v) is 5.34. The zero-order valence-corrected chi connectivity index (χ0v) is 16.9. The largest absolute Gasteiger partial charge is 0.465 e. The predicted octanol–water partition coefficient (Wildman–Crippen LogP) is 3.22. The molecule has 30 heavy (non-hydrogen) atoms. The van der Waals surface area contributed by atoms with E-state index in [0.29, 0.717) is 24.3 Å². The molecule has 2 aromatic carbocycles. The number of carbonyl (C=O) groups is 3. The first kappa shape index (κ1) is 19.6. The van der Waals surface area contributed by atoms with Gasteiger partial charge in [0.15, 0.2) is 5.75 Å². The first-order valence-corrected chi connectivity index (χ1v) is 9.47. The number of carboxylic acid groups (broad SMARTS) is 1. The maximum atomic E-state index is 12.8. The number of ether oxygens (including phenoxy) is 1. The Morgan fingerprint density at radius 1 is 1.27 bits per heavy atom. The lowest BCUT2D eigenvalue weighted by Crippen LogP contribution is -2.60. The summed E-state index contributed by atoms with van der Waals surface area (Å²) in [5.74, 6) is 0.171. The zero-order valence-electron chi connectivity index (χ0n) is 16.9. The average Bonchev–Trinajstić information content (AvgIpc) is 2.97. The van der Waals surface area contributed by atoms with E-state index >= 15 is 0 Å².